The standard InChI is InChI=1S/C11H10N3/c1-2-4-10(5-3-1)8-13-11-6-7-12-9-14-11/h1-6,9H,8H2,(H,12,13,14). The Hall–Kier alpha value is -1.90. The number of hydrogen-bond donors (Lipinski definition) is 1. The molecule has 0 bridgehead atoms. The van der Waals surface area contributed by atoms with E-state index in [-0.39, 0.29) is 0 Å². The Bertz CT molecular complexity index is 333. The van der Waals surface area contributed by atoms with Crippen molar-refractivity contribution < 1.29 is 0 Å². The molecule has 1 N–H and O–H groups in total. The lowest BCUT2D eigenvalue weighted by Crippen LogP contribution is -2.00. The van der Waals surface area contributed by atoms with Crippen molar-refractivity contribution >= 4 is 5.82 Å². The summed E-state index contributed by atoms with van der Waals surface area (Å²) < 4.78 is 0. The van der Waals surface area contributed by atoms with E-state index in [0.717, 1.165) is 12.4 Å². The smallest absolute Gasteiger partial charge is 0.130 e. The maximum absolute atomic E-state index is 4.04. The number of hydrogen-bond acceptors (Lipinski definition) is 3. The molecular formula is C11H10N3. The Morgan fingerprint density at radius 1 is 1.21 bits per heavy atom. The number of nitrogens with one attached hydrogen (secondary N) is 1. The van der Waals surface area contributed by atoms with Crippen LogP contribution in [0.25, 0.3) is 0 Å². The van der Waals surface area contributed by atoms with E-state index in [1.54, 1.807) is 6.07 Å². The van der Waals surface area contributed by atoms with Crippen LogP contribution in [0.4, 0.5) is 5.82 Å². The minimum absolute atomic E-state index is 0.770. The highest BCUT2D eigenvalue weighted by Gasteiger charge is 1.92. The first kappa shape index (κ1) is 8.69. The molecule has 2 rings (SSSR count). The second-order valence-corrected chi connectivity index (χ2v) is 2.87. The number of anilines is 1. The lowest BCUT2D eigenvalue weighted by atomic mass is 10.2. The fourth-order valence-electron chi connectivity index (χ4n) is 1.15. The molecule has 69 valence electrons. The molecule has 0 atom stereocenters. The van der Waals surface area contributed by atoms with Crippen LogP contribution in [0.3, 0.4) is 0 Å². The van der Waals surface area contributed by atoms with Crippen LogP contribution in [0.5, 0.6) is 0 Å². The second kappa shape index (κ2) is 4.37. The molecule has 0 saturated carbocycles. The van der Waals surface area contributed by atoms with Crippen LogP contribution in [0.15, 0.2) is 42.7 Å². The zero-order valence-corrected chi connectivity index (χ0v) is 7.64. The highest BCUT2D eigenvalue weighted by atomic mass is 15.0. The van der Waals surface area contributed by atoms with Crippen LogP contribution in [-0.2, 0) is 6.54 Å². The van der Waals surface area contributed by atoms with E-state index in [2.05, 4.69) is 33.6 Å². The van der Waals surface area contributed by atoms with E-state index in [9.17, 15) is 0 Å². The Labute approximate surface area is 82.8 Å². The van der Waals surface area contributed by atoms with Gasteiger partial charge >= 0.3 is 0 Å². The predicted octanol–water partition coefficient (Wildman–Crippen LogP) is 1.89. The molecule has 0 amide bonds. The fourth-order valence-corrected chi connectivity index (χ4v) is 1.15. The molecule has 2 aromatic rings. The van der Waals surface area contributed by atoms with Crippen molar-refractivity contribution in [2.45, 2.75) is 6.54 Å². The molecule has 1 aromatic heterocycles. The van der Waals surface area contributed by atoms with Crippen LogP contribution in [0.1, 0.15) is 5.56 Å². The SMILES string of the molecule is [c]1cc(NCc2ccccc2)ncn1. The molecule has 14 heavy (non-hydrogen) atoms. The van der Waals surface area contributed by atoms with Gasteiger partial charge in [-0.05, 0) is 5.56 Å². The van der Waals surface area contributed by atoms with E-state index in [1.807, 2.05) is 18.2 Å². The van der Waals surface area contributed by atoms with Gasteiger partial charge in [0.05, 0.1) is 6.20 Å². The van der Waals surface area contributed by atoms with Crippen molar-refractivity contribution in [2.75, 3.05) is 5.32 Å². The summed E-state index contributed by atoms with van der Waals surface area (Å²) >= 11 is 0. The highest BCUT2D eigenvalue weighted by Crippen LogP contribution is 2.03. The monoisotopic (exact) mass is 184 g/mol. The highest BCUT2D eigenvalue weighted by molar-refractivity contribution is 5.32. The van der Waals surface area contributed by atoms with Gasteiger partial charge in [0.2, 0.25) is 0 Å². The summed E-state index contributed by atoms with van der Waals surface area (Å²) in [7, 11) is 0. The van der Waals surface area contributed by atoms with Gasteiger partial charge in [0.25, 0.3) is 0 Å². The van der Waals surface area contributed by atoms with Crippen molar-refractivity contribution in [1.82, 2.24) is 9.97 Å². The van der Waals surface area contributed by atoms with Crippen molar-refractivity contribution in [1.29, 1.82) is 0 Å². The van der Waals surface area contributed by atoms with Gasteiger partial charge in [0.15, 0.2) is 0 Å². The molecule has 1 heterocycles. The van der Waals surface area contributed by atoms with Crippen LogP contribution >= 0.6 is 0 Å². The minimum atomic E-state index is 0.770. The lowest BCUT2D eigenvalue weighted by Gasteiger charge is -2.03. The molecule has 1 aromatic carbocycles. The van der Waals surface area contributed by atoms with E-state index >= 15 is 0 Å². The predicted molar refractivity (Wildman–Crippen MR) is 54.6 cm³/mol. The maximum atomic E-state index is 4.04. The zero-order chi connectivity index (χ0) is 9.64. The third-order valence-electron chi connectivity index (χ3n) is 1.85. The summed E-state index contributed by atoms with van der Waals surface area (Å²) in [5.74, 6) is 0.795. The molecule has 0 aliphatic heterocycles. The third kappa shape index (κ3) is 2.29. The number of nitrogens with zero attached hydrogens (tertiary/aromatic N) is 2. The summed E-state index contributed by atoms with van der Waals surface area (Å²) in [5.41, 5.74) is 1.23. The van der Waals surface area contributed by atoms with Crippen molar-refractivity contribution in [3.05, 3.63) is 54.5 Å². The summed E-state index contributed by atoms with van der Waals surface area (Å²) in [6.45, 7) is 0.770. The topological polar surface area (TPSA) is 37.8 Å². The molecule has 0 unspecified atom stereocenters. The van der Waals surface area contributed by atoms with E-state index in [4.69, 9.17) is 0 Å². The Kier molecular flexibility index (Phi) is 2.71. The summed E-state index contributed by atoms with van der Waals surface area (Å²) in [5, 5.41) is 3.18. The van der Waals surface area contributed by atoms with Crippen LogP contribution < -0.4 is 5.32 Å². The molecule has 1 radical (unpaired) electrons. The van der Waals surface area contributed by atoms with Crippen molar-refractivity contribution in [2.24, 2.45) is 0 Å². The Morgan fingerprint density at radius 3 is 2.79 bits per heavy atom. The summed E-state index contributed by atoms with van der Waals surface area (Å²) in [4.78, 5) is 7.76. The molecule has 0 saturated heterocycles. The zero-order valence-electron chi connectivity index (χ0n) is 7.64. The van der Waals surface area contributed by atoms with Gasteiger partial charge in [-0.2, -0.15) is 0 Å². The Morgan fingerprint density at radius 2 is 2.07 bits per heavy atom. The number of aromatic nitrogens is 2. The Balaban J connectivity index is 1.96. The average molecular weight is 184 g/mol. The van der Waals surface area contributed by atoms with Crippen molar-refractivity contribution in [3.63, 3.8) is 0 Å². The van der Waals surface area contributed by atoms with Gasteiger partial charge in [-0.25, -0.2) is 9.97 Å². The van der Waals surface area contributed by atoms with Crippen LogP contribution in [-0.4, -0.2) is 9.97 Å². The van der Waals surface area contributed by atoms with Crippen molar-refractivity contribution in [3.8, 4) is 0 Å². The first-order valence-electron chi connectivity index (χ1n) is 4.41. The molecule has 0 aliphatic rings. The number of rotatable bonds is 3. The van der Waals surface area contributed by atoms with Gasteiger partial charge in [-0.3, -0.25) is 0 Å². The van der Waals surface area contributed by atoms with E-state index < -0.39 is 0 Å². The molecule has 0 aliphatic carbocycles. The van der Waals surface area contributed by atoms with Gasteiger partial charge < -0.3 is 5.32 Å². The maximum Gasteiger partial charge on any atom is 0.130 e. The molecule has 0 spiro atoms. The first-order chi connectivity index (χ1) is 6.95. The van der Waals surface area contributed by atoms with Gasteiger partial charge in [-0.15, -0.1) is 0 Å². The van der Waals surface area contributed by atoms with Gasteiger partial charge in [0, 0.05) is 12.6 Å². The van der Waals surface area contributed by atoms with Gasteiger partial charge in [0.1, 0.15) is 12.1 Å². The average Bonchev–Trinajstić information content (AvgIpc) is 2.29. The normalized spacial score (nSPS) is 9.71. The molecule has 0 fully saturated rings. The van der Waals surface area contributed by atoms with Crippen LogP contribution in [0.2, 0.25) is 0 Å². The third-order valence-corrected chi connectivity index (χ3v) is 1.85. The first-order valence-corrected chi connectivity index (χ1v) is 4.41. The molecular weight excluding hydrogens is 174 g/mol. The number of benzene rings is 1. The summed E-state index contributed by atoms with van der Waals surface area (Å²) in [6.07, 6.45) is 4.20. The van der Waals surface area contributed by atoms with E-state index in [0.29, 0.717) is 0 Å². The molecule has 3 nitrogen and oxygen atoms in total. The van der Waals surface area contributed by atoms with Crippen LogP contribution in [0, 0.1) is 6.20 Å². The summed E-state index contributed by atoms with van der Waals surface area (Å²) in [6, 6.07) is 11.9. The van der Waals surface area contributed by atoms with Gasteiger partial charge in [-0.1, -0.05) is 30.3 Å². The lowest BCUT2D eigenvalue weighted by molar-refractivity contribution is 1.08. The second-order valence-electron chi connectivity index (χ2n) is 2.87. The van der Waals surface area contributed by atoms with E-state index in [1.165, 1.54) is 11.9 Å². The largest absolute Gasteiger partial charge is 0.366 e. The quantitative estimate of drug-likeness (QED) is 0.791. The fraction of sp³-hybridized carbons (Fsp3) is 0.0909. The minimum Gasteiger partial charge on any atom is -0.366 e. The molecule has 3 heteroatoms.